The summed E-state index contributed by atoms with van der Waals surface area (Å²) in [4.78, 5) is 11.3. The molecule has 0 atom stereocenters. The average Bonchev–Trinajstić information content (AvgIpc) is 2.02. The molecule has 0 radical (unpaired) electrons. The largest absolute Gasteiger partial charge is 0.426 e. The van der Waals surface area contributed by atoms with Gasteiger partial charge in [-0.15, -0.1) is 12.4 Å². The third-order valence-electron chi connectivity index (χ3n) is 1.57. The number of carbonyl (C=O) groups is 1. The highest BCUT2D eigenvalue weighted by molar-refractivity contribution is 5.85. The summed E-state index contributed by atoms with van der Waals surface area (Å²) >= 11 is 0. The van der Waals surface area contributed by atoms with Crippen molar-refractivity contribution in [3.8, 4) is 5.75 Å². The van der Waals surface area contributed by atoms with Gasteiger partial charge in [-0.25, -0.2) is 0 Å². The fourth-order valence-corrected chi connectivity index (χ4v) is 1.03. The van der Waals surface area contributed by atoms with Crippen molar-refractivity contribution < 1.29 is 9.53 Å². The Bertz CT molecular complexity index is 306. The maximum absolute atomic E-state index is 11.3. The van der Waals surface area contributed by atoms with E-state index in [0.29, 0.717) is 5.75 Å². The second-order valence-electron chi connectivity index (χ2n) is 3.95. The van der Waals surface area contributed by atoms with Crippen molar-refractivity contribution in [2.24, 2.45) is 5.73 Å². The molecule has 1 aromatic rings. The summed E-state index contributed by atoms with van der Waals surface area (Å²) < 4.78 is 5.07. The summed E-state index contributed by atoms with van der Waals surface area (Å²) in [5.41, 5.74) is 5.17. The van der Waals surface area contributed by atoms with Crippen LogP contribution in [0.5, 0.6) is 5.75 Å². The third-order valence-corrected chi connectivity index (χ3v) is 1.57. The van der Waals surface area contributed by atoms with Gasteiger partial charge in [-0.3, -0.25) is 4.79 Å². The molecule has 0 heterocycles. The average molecular weight is 230 g/mol. The number of nitrogens with two attached hydrogens (primary N) is 1. The molecule has 0 fully saturated rings. The molecule has 0 aliphatic rings. The molecule has 0 amide bonds. The summed E-state index contributed by atoms with van der Waals surface area (Å²) in [5, 5.41) is 0. The first kappa shape index (κ1) is 13.9. The number of halogens is 1. The molecule has 0 aromatic heterocycles. The zero-order valence-corrected chi connectivity index (χ0v) is 9.71. The van der Waals surface area contributed by atoms with Gasteiger partial charge in [-0.1, -0.05) is 18.2 Å². The number of para-hydroxylation sites is 1. The highest BCUT2D eigenvalue weighted by atomic mass is 35.5. The van der Waals surface area contributed by atoms with Crippen LogP contribution in [-0.2, 0) is 4.79 Å². The van der Waals surface area contributed by atoms with Gasteiger partial charge in [-0.2, -0.15) is 0 Å². The van der Waals surface area contributed by atoms with Crippen LogP contribution in [0, 0.1) is 0 Å². The molecule has 4 heteroatoms. The molecule has 0 saturated heterocycles. The lowest BCUT2D eigenvalue weighted by atomic mass is 10.0. The molecular weight excluding hydrogens is 214 g/mol. The first-order valence-corrected chi connectivity index (χ1v) is 4.52. The Morgan fingerprint density at radius 3 is 2.33 bits per heavy atom. The van der Waals surface area contributed by atoms with Gasteiger partial charge in [-0.05, 0) is 26.0 Å². The lowest BCUT2D eigenvalue weighted by Gasteiger charge is -2.16. The third kappa shape index (κ3) is 6.10. The van der Waals surface area contributed by atoms with Crippen molar-refractivity contribution in [3.05, 3.63) is 30.3 Å². The second kappa shape index (κ2) is 5.73. The predicted octanol–water partition coefficient (Wildman–Crippen LogP) is 2.14. The molecular formula is C11H16ClNO2. The van der Waals surface area contributed by atoms with Crippen molar-refractivity contribution in [1.29, 1.82) is 0 Å². The van der Waals surface area contributed by atoms with E-state index < -0.39 is 5.54 Å². The Kier molecular flexibility index (Phi) is 5.33. The Balaban J connectivity index is 0.00000196. The van der Waals surface area contributed by atoms with Gasteiger partial charge in [0.25, 0.3) is 0 Å². The monoisotopic (exact) mass is 229 g/mol. The van der Waals surface area contributed by atoms with Crippen LogP contribution in [0.2, 0.25) is 0 Å². The molecule has 3 nitrogen and oxygen atoms in total. The summed E-state index contributed by atoms with van der Waals surface area (Å²) in [6.45, 7) is 3.58. The van der Waals surface area contributed by atoms with E-state index in [4.69, 9.17) is 10.5 Å². The van der Waals surface area contributed by atoms with E-state index in [1.807, 2.05) is 18.2 Å². The Hall–Kier alpha value is -1.06. The molecule has 0 unspecified atom stereocenters. The van der Waals surface area contributed by atoms with E-state index in [9.17, 15) is 4.79 Å². The molecule has 1 aromatic carbocycles. The first-order chi connectivity index (χ1) is 6.47. The lowest BCUT2D eigenvalue weighted by Crippen LogP contribution is -2.35. The number of rotatable bonds is 3. The number of benzene rings is 1. The van der Waals surface area contributed by atoms with Crippen LogP contribution in [-0.4, -0.2) is 11.5 Å². The van der Waals surface area contributed by atoms with Gasteiger partial charge in [0.05, 0.1) is 6.42 Å². The van der Waals surface area contributed by atoms with Crippen LogP contribution >= 0.6 is 12.4 Å². The van der Waals surface area contributed by atoms with E-state index >= 15 is 0 Å². The minimum Gasteiger partial charge on any atom is -0.426 e. The Morgan fingerprint density at radius 2 is 1.87 bits per heavy atom. The lowest BCUT2D eigenvalue weighted by molar-refractivity contribution is -0.135. The van der Waals surface area contributed by atoms with Crippen molar-refractivity contribution in [2.75, 3.05) is 0 Å². The predicted molar refractivity (Wildman–Crippen MR) is 62.2 cm³/mol. The summed E-state index contributed by atoms with van der Waals surface area (Å²) in [5.74, 6) is 0.255. The van der Waals surface area contributed by atoms with Gasteiger partial charge < -0.3 is 10.5 Å². The highest BCUT2D eigenvalue weighted by Crippen LogP contribution is 2.11. The van der Waals surface area contributed by atoms with Crippen LogP contribution in [0.25, 0.3) is 0 Å². The van der Waals surface area contributed by atoms with Gasteiger partial charge >= 0.3 is 5.97 Å². The van der Waals surface area contributed by atoms with E-state index in [1.54, 1.807) is 26.0 Å². The zero-order chi connectivity index (χ0) is 10.6. The van der Waals surface area contributed by atoms with E-state index in [0.717, 1.165) is 0 Å². The second-order valence-corrected chi connectivity index (χ2v) is 3.95. The molecule has 0 bridgehead atoms. The molecule has 0 aliphatic heterocycles. The van der Waals surface area contributed by atoms with Crippen LogP contribution in [0.15, 0.2) is 30.3 Å². The number of ether oxygens (including phenoxy) is 1. The van der Waals surface area contributed by atoms with Crippen molar-refractivity contribution >= 4 is 18.4 Å². The van der Waals surface area contributed by atoms with E-state index in [1.165, 1.54) is 0 Å². The SMILES string of the molecule is CC(C)(N)CC(=O)Oc1ccccc1.Cl. The Morgan fingerprint density at radius 1 is 1.33 bits per heavy atom. The normalized spacial score (nSPS) is 10.3. The Labute approximate surface area is 96.0 Å². The molecule has 84 valence electrons. The number of carbonyl (C=O) groups excluding carboxylic acids is 1. The van der Waals surface area contributed by atoms with E-state index in [-0.39, 0.29) is 24.8 Å². The van der Waals surface area contributed by atoms with Gasteiger partial charge in [0.1, 0.15) is 5.75 Å². The molecule has 15 heavy (non-hydrogen) atoms. The van der Waals surface area contributed by atoms with Crippen molar-refractivity contribution in [1.82, 2.24) is 0 Å². The molecule has 0 saturated carbocycles. The summed E-state index contributed by atoms with van der Waals surface area (Å²) in [6.07, 6.45) is 0.210. The summed E-state index contributed by atoms with van der Waals surface area (Å²) in [6, 6.07) is 8.97. The smallest absolute Gasteiger partial charge is 0.313 e. The van der Waals surface area contributed by atoms with Gasteiger partial charge in [0.15, 0.2) is 0 Å². The quantitative estimate of drug-likeness (QED) is 0.638. The number of esters is 1. The minimum atomic E-state index is -0.522. The fourth-order valence-electron chi connectivity index (χ4n) is 1.03. The zero-order valence-electron chi connectivity index (χ0n) is 8.90. The molecule has 0 spiro atoms. The molecule has 0 aliphatic carbocycles. The van der Waals surface area contributed by atoms with Crippen LogP contribution < -0.4 is 10.5 Å². The topological polar surface area (TPSA) is 52.3 Å². The minimum absolute atomic E-state index is 0. The summed E-state index contributed by atoms with van der Waals surface area (Å²) in [7, 11) is 0. The highest BCUT2D eigenvalue weighted by Gasteiger charge is 2.17. The first-order valence-electron chi connectivity index (χ1n) is 4.52. The van der Waals surface area contributed by atoms with Gasteiger partial charge in [0.2, 0.25) is 0 Å². The molecule has 1 rings (SSSR count). The molecule has 2 N–H and O–H groups in total. The maximum Gasteiger partial charge on any atom is 0.313 e. The van der Waals surface area contributed by atoms with Crippen molar-refractivity contribution in [2.45, 2.75) is 25.8 Å². The number of hydrogen-bond acceptors (Lipinski definition) is 3. The van der Waals surface area contributed by atoms with Crippen LogP contribution in [0.3, 0.4) is 0 Å². The van der Waals surface area contributed by atoms with Crippen LogP contribution in [0.1, 0.15) is 20.3 Å². The fraction of sp³-hybridized carbons (Fsp3) is 0.364. The van der Waals surface area contributed by atoms with Crippen LogP contribution in [0.4, 0.5) is 0 Å². The van der Waals surface area contributed by atoms with Crippen molar-refractivity contribution in [3.63, 3.8) is 0 Å². The number of hydrogen-bond donors (Lipinski definition) is 1. The van der Waals surface area contributed by atoms with E-state index in [2.05, 4.69) is 0 Å². The van der Waals surface area contributed by atoms with Gasteiger partial charge in [0, 0.05) is 5.54 Å². The standard InChI is InChI=1S/C11H15NO2.ClH/c1-11(2,12)8-10(13)14-9-6-4-3-5-7-9;/h3-7H,8,12H2,1-2H3;1H. The maximum atomic E-state index is 11.3.